The highest BCUT2D eigenvalue weighted by Crippen LogP contribution is 2.23. The number of nitrogens with one attached hydrogen (secondary N) is 1. The zero-order valence-electron chi connectivity index (χ0n) is 13.4. The molecule has 0 unspecified atom stereocenters. The number of carbonyl (C=O) groups is 1. The summed E-state index contributed by atoms with van der Waals surface area (Å²) in [6, 6.07) is 10.1. The molecule has 0 bridgehead atoms. The molecule has 2 N–H and O–H groups in total. The molecule has 2 heterocycles. The molecule has 8 nitrogen and oxygen atoms in total. The van der Waals surface area contributed by atoms with Crippen molar-refractivity contribution in [3.05, 3.63) is 48.2 Å². The maximum Gasteiger partial charge on any atom is 0.303 e. The molecule has 2 aromatic heterocycles. The van der Waals surface area contributed by atoms with Gasteiger partial charge in [0, 0.05) is 25.1 Å². The van der Waals surface area contributed by atoms with Crippen molar-refractivity contribution in [1.82, 2.24) is 14.8 Å². The minimum atomic E-state index is -3.87. The highest BCUT2D eigenvalue weighted by molar-refractivity contribution is 7.92. The van der Waals surface area contributed by atoms with Crippen molar-refractivity contribution in [2.75, 3.05) is 4.72 Å². The van der Waals surface area contributed by atoms with Gasteiger partial charge >= 0.3 is 5.97 Å². The van der Waals surface area contributed by atoms with Crippen molar-refractivity contribution in [3.63, 3.8) is 0 Å². The van der Waals surface area contributed by atoms with E-state index in [1.165, 1.54) is 16.9 Å². The third kappa shape index (κ3) is 3.61. The SMILES string of the molecule is Cn1nc2ccccc2c1S(=O)(=O)Nc1ccc(CCC(=O)O)cn1. The number of hydrogen-bond acceptors (Lipinski definition) is 5. The summed E-state index contributed by atoms with van der Waals surface area (Å²) in [5.74, 6) is -0.739. The summed E-state index contributed by atoms with van der Waals surface area (Å²) in [4.78, 5) is 14.6. The second-order valence-corrected chi connectivity index (χ2v) is 7.09. The maximum atomic E-state index is 12.7. The molecule has 0 amide bonds. The number of carboxylic acids is 1. The van der Waals surface area contributed by atoms with Crippen molar-refractivity contribution in [2.45, 2.75) is 17.9 Å². The standard InChI is InChI=1S/C16H16N4O4S/c1-20-16(12-4-2-3-5-13(12)18-20)25(23,24)19-14-8-6-11(10-17-14)7-9-15(21)22/h2-6,8,10H,7,9H2,1H3,(H,17,19)(H,21,22). The minimum Gasteiger partial charge on any atom is -0.481 e. The summed E-state index contributed by atoms with van der Waals surface area (Å²) in [6.45, 7) is 0. The van der Waals surface area contributed by atoms with Crippen LogP contribution in [0.25, 0.3) is 10.9 Å². The smallest absolute Gasteiger partial charge is 0.303 e. The third-order valence-electron chi connectivity index (χ3n) is 3.63. The normalized spacial score (nSPS) is 11.6. The number of pyridine rings is 1. The average Bonchev–Trinajstić information content (AvgIpc) is 2.90. The molecule has 0 aliphatic rings. The predicted octanol–water partition coefficient (Wildman–Crippen LogP) is 1.79. The van der Waals surface area contributed by atoms with Gasteiger partial charge in [0.2, 0.25) is 0 Å². The van der Waals surface area contributed by atoms with Crippen LogP contribution in [0.5, 0.6) is 0 Å². The van der Waals surface area contributed by atoms with Gasteiger partial charge in [-0.15, -0.1) is 0 Å². The van der Waals surface area contributed by atoms with E-state index >= 15 is 0 Å². The quantitative estimate of drug-likeness (QED) is 0.693. The largest absolute Gasteiger partial charge is 0.481 e. The first kappa shape index (κ1) is 16.9. The van der Waals surface area contributed by atoms with E-state index in [1.807, 2.05) is 0 Å². The molecule has 0 atom stereocenters. The molecule has 25 heavy (non-hydrogen) atoms. The van der Waals surface area contributed by atoms with E-state index < -0.39 is 16.0 Å². The van der Waals surface area contributed by atoms with E-state index in [0.29, 0.717) is 17.3 Å². The average molecular weight is 360 g/mol. The fourth-order valence-corrected chi connectivity index (χ4v) is 3.86. The number of carboxylic acid groups (broad SMARTS) is 1. The van der Waals surface area contributed by atoms with Crippen LogP contribution in [0.2, 0.25) is 0 Å². The van der Waals surface area contributed by atoms with Gasteiger partial charge in [-0.3, -0.25) is 14.2 Å². The van der Waals surface area contributed by atoms with Gasteiger partial charge in [-0.1, -0.05) is 18.2 Å². The summed E-state index contributed by atoms with van der Waals surface area (Å²) in [7, 11) is -2.31. The number of anilines is 1. The van der Waals surface area contributed by atoms with Gasteiger partial charge < -0.3 is 5.11 Å². The van der Waals surface area contributed by atoms with Crippen LogP contribution >= 0.6 is 0 Å². The molecule has 0 spiro atoms. The van der Waals surface area contributed by atoms with Crippen molar-refractivity contribution in [1.29, 1.82) is 0 Å². The Bertz CT molecular complexity index is 1030. The van der Waals surface area contributed by atoms with Crippen LogP contribution in [0, 0.1) is 0 Å². The van der Waals surface area contributed by atoms with E-state index in [-0.39, 0.29) is 17.3 Å². The maximum absolute atomic E-state index is 12.7. The topological polar surface area (TPSA) is 114 Å². The van der Waals surface area contributed by atoms with E-state index in [9.17, 15) is 13.2 Å². The number of benzene rings is 1. The van der Waals surface area contributed by atoms with Gasteiger partial charge in [-0.25, -0.2) is 4.98 Å². The lowest BCUT2D eigenvalue weighted by Gasteiger charge is -2.08. The fourth-order valence-electron chi connectivity index (χ4n) is 2.51. The van der Waals surface area contributed by atoms with Gasteiger partial charge in [-0.05, 0) is 30.2 Å². The number of hydrogen-bond donors (Lipinski definition) is 2. The number of rotatable bonds is 6. The number of aliphatic carboxylic acids is 1. The summed E-state index contributed by atoms with van der Waals surface area (Å²) < 4.78 is 29.2. The van der Waals surface area contributed by atoms with Gasteiger partial charge in [-0.2, -0.15) is 13.5 Å². The Hall–Kier alpha value is -2.94. The first-order chi connectivity index (χ1) is 11.9. The lowest BCUT2D eigenvalue weighted by atomic mass is 10.1. The molecule has 0 fully saturated rings. The molecule has 9 heteroatoms. The highest BCUT2D eigenvalue weighted by Gasteiger charge is 2.23. The van der Waals surface area contributed by atoms with Crippen LogP contribution in [0.4, 0.5) is 5.82 Å². The molecule has 3 rings (SSSR count). The Kier molecular flexibility index (Phi) is 4.41. The second kappa shape index (κ2) is 6.52. The van der Waals surface area contributed by atoms with Crippen molar-refractivity contribution in [2.24, 2.45) is 7.05 Å². The van der Waals surface area contributed by atoms with Crippen LogP contribution in [-0.4, -0.2) is 34.3 Å². The van der Waals surface area contributed by atoms with Crippen LogP contribution in [0.3, 0.4) is 0 Å². The summed E-state index contributed by atoms with van der Waals surface area (Å²) in [6.07, 6.45) is 1.79. The fraction of sp³-hybridized carbons (Fsp3) is 0.188. The Morgan fingerprint density at radius 2 is 2.00 bits per heavy atom. The summed E-state index contributed by atoms with van der Waals surface area (Å²) >= 11 is 0. The molecule has 0 saturated heterocycles. The monoisotopic (exact) mass is 360 g/mol. The lowest BCUT2D eigenvalue weighted by Crippen LogP contribution is -2.17. The predicted molar refractivity (Wildman–Crippen MR) is 91.7 cm³/mol. The Balaban J connectivity index is 1.86. The molecule has 0 saturated carbocycles. The van der Waals surface area contributed by atoms with Crippen LogP contribution in [0.15, 0.2) is 47.6 Å². The molecule has 130 valence electrons. The first-order valence-electron chi connectivity index (χ1n) is 7.48. The van der Waals surface area contributed by atoms with Crippen LogP contribution in [-0.2, 0) is 28.3 Å². The summed E-state index contributed by atoms with van der Waals surface area (Å²) in [5.41, 5.74) is 1.30. The zero-order valence-corrected chi connectivity index (χ0v) is 14.2. The van der Waals surface area contributed by atoms with Gasteiger partial charge in [0.1, 0.15) is 5.82 Å². The number of aryl methyl sites for hydroxylation is 2. The van der Waals surface area contributed by atoms with E-state index in [1.54, 1.807) is 37.4 Å². The van der Waals surface area contributed by atoms with E-state index in [0.717, 1.165) is 5.56 Å². The van der Waals surface area contributed by atoms with Gasteiger partial charge in [0.25, 0.3) is 10.0 Å². The molecule has 0 radical (unpaired) electrons. The number of fused-ring (bicyclic) bond motifs is 1. The zero-order chi connectivity index (χ0) is 18.0. The third-order valence-corrected chi connectivity index (χ3v) is 5.10. The molecular weight excluding hydrogens is 344 g/mol. The Morgan fingerprint density at radius 3 is 2.68 bits per heavy atom. The number of nitrogens with zero attached hydrogens (tertiary/aromatic N) is 3. The molecule has 1 aromatic carbocycles. The van der Waals surface area contributed by atoms with Gasteiger partial charge in [0.05, 0.1) is 5.52 Å². The van der Waals surface area contributed by atoms with Crippen molar-refractivity contribution in [3.8, 4) is 0 Å². The number of aromatic nitrogens is 3. The Morgan fingerprint density at radius 1 is 1.24 bits per heavy atom. The van der Waals surface area contributed by atoms with E-state index in [2.05, 4.69) is 14.8 Å². The van der Waals surface area contributed by atoms with Crippen LogP contribution in [0.1, 0.15) is 12.0 Å². The Labute approximate surface area is 144 Å². The molecule has 0 aliphatic carbocycles. The van der Waals surface area contributed by atoms with Crippen molar-refractivity contribution < 1.29 is 18.3 Å². The first-order valence-corrected chi connectivity index (χ1v) is 8.96. The molecule has 0 aliphatic heterocycles. The van der Waals surface area contributed by atoms with Crippen molar-refractivity contribution >= 4 is 32.7 Å². The number of sulfonamides is 1. The summed E-state index contributed by atoms with van der Waals surface area (Å²) in [5, 5.41) is 13.5. The van der Waals surface area contributed by atoms with Crippen LogP contribution < -0.4 is 4.72 Å². The van der Waals surface area contributed by atoms with Gasteiger partial charge in [0.15, 0.2) is 5.03 Å². The van der Waals surface area contributed by atoms with E-state index in [4.69, 9.17) is 5.11 Å². The minimum absolute atomic E-state index is 0.00619. The molecular formula is C16H16N4O4S. The highest BCUT2D eigenvalue weighted by atomic mass is 32.2. The second-order valence-electron chi connectivity index (χ2n) is 5.50. The molecule has 3 aromatic rings. The lowest BCUT2D eigenvalue weighted by molar-refractivity contribution is -0.136.